The number of likely N-dealkylation sites (N-methyl/N-ethyl adjacent to an activating group) is 2. The summed E-state index contributed by atoms with van der Waals surface area (Å²) in [6, 6.07) is 0.120. The zero-order valence-electron chi connectivity index (χ0n) is 17.5. The van der Waals surface area contributed by atoms with E-state index in [-0.39, 0.29) is 24.0 Å². The number of nitrogens with zero attached hydrogens (tertiary/aromatic N) is 5. The van der Waals surface area contributed by atoms with Gasteiger partial charge in [-0.25, -0.2) is 0 Å². The lowest BCUT2D eigenvalue weighted by atomic mass is 10.1. The smallest absolute Gasteiger partial charge is 0.240 e. The van der Waals surface area contributed by atoms with Crippen molar-refractivity contribution in [3.63, 3.8) is 0 Å². The molecule has 0 saturated carbocycles. The number of rotatable bonds is 7. The van der Waals surface area contributed by atoms with Crippen molar-refractivity contribution < 1.29 is 4.79 Å². The van der Waals surface area contributed by atoms with Crippen LogP contribution in [0, 0.1) is 0 Å². The number of guanidine groups is 1. The van der Waals surface area contributed by atoms with Crippen molar-refractivity contribution in [1.29, 1.82) is 0 Å². The third-order valence-corrected chi connectivity index (χ3v) is 3.74. The maximum Gasteiger partial charge on any atom is 0.240 e. The molecule has 1 atom stereocenters. The van der Waals surface area contributed by atoms with Gasteiger partial charge < -0.3 is 20.4 Å². The molecule has 1 amide bonds. The number of hydrogen-bond acceptors (Lipinski definition) is 4. The van der Waals surface area contributed by atoms with E-state index in [2.05, 4.69) is 20.6 Å². The summed E-state index contributed by atoms with van der Waals surface area (Å²) in [4.78, 5) is 20.9. The van der Waals surface area contributed by atoms with Gasteiger partial charge in [0.25, 0.3) is 0 Å². The van der Waals surface area contributed by atoms with Crippen LogP contribution in [0.25, 0.3) is 0 Å². The van der Waals surface area contributed by atoms with Crippen molar-refractivity contribution in [2.24, 2.45) is 12.0 Å². The van der Waals surface area contributed by atoms with Gasteiger partial charge in [-0.1, -0.05) is 0 Å². The minimum absolute atomic E-state index is 0.0259. The van der Waals surface area contributed by atoms with E-state index in [0.717, 1.165) is 12.1 Å². The number of aliphatic imine (C=N–C) groups is 1. The van der Waals surface area contributed by atoms with Gasteiger partial charge in [-0.05, 0) is 41.8 Å². The van der Waals surface area contributed by atoms with Gasteiger partial charge in [-0.15, -0.1) is 0 Å². The van der Waals surface area contributed by atoms with Gasteiger partial charge in [0.2, 0.25) is 5.91 Å². The summed E-state index contributed by atoms with van der Waals surface area (Å²) >= 11 is 0. The Labute approximate surface area is 157 Å². The van der Waals surface area contributed by atoms with E-state index in [1.807, 2.05) is 73.2 Å². The van der Waals surface area contributed by atoms with Crippen LogP contribution in [0.4, 0.5) is 0 Å². The summed E-state index contributed by atoms with van der Waals surface area (Å²) in [5.41, 5.74) is 0.870. The SMILES string of the molecule is CCNC(=NCC(c1cnn(C)c1)N(C)C)N(C)CC(=O)NC(C)(C)C. The number of nitrogens with one attached hydrogen (secondary N) is 2. The molecule has 1 aromatic rings. The quantitative estimate of drug-likeness (QED) is 0.553. The molecule has 8 heteroatoms. The molecule has 26 heavy (non-hydrogen) atoms. The van der Waals surface area contributed by atoms with E-state index < -0.39 is 0 Å². The fourth-order valence-electron chi connectivity index (χ4n) is 2.57. The standard InChI is InChI=1S/C18H35N7O/c1-9-19-17(24(7)13-16(26)22-18(2,3)4)20-11-15(23(5)6)14-10-21-25(8)12-14/h10,12,15H,9,11,13H2,1-8H3,(H,19,20)(H,22,26). The topological polar surface area (TPSA) is 77.8 Å². The summed E-state index contributed by atoms with van der Waals surface area (Å²) in [7, 11) is 7.84. The first-order valence-electron chi connectivity index (χ1n) is 8.99. The monoisotopic (exact) mass is 365 g/mol. The average Bonchev–Trinajstić information content (AvgIpc) is 2.90. The highest BCUT2D eigenvalue weighted by Crippen LogP contribution is 2.17. The predicted molar refractivity (Wildman–Crippen MR) is 106 cm³/mol. The fourth-order valence-corrected chi connectivity index (χ4v) is 2.57. The summed E-state index contributed by atoms with van der Waals surface area (Å²) in [6.45, 7) is 9.50. The second-order valence-electron chi connectivity index (χ2n) is 7.78. The van der Waals surface area contributed by atoms with Gasteiger partial charge in [-0.2, -0.15) is 5.10 Å². The lowest BCUT2D eigenvalue weighted by Crippen LogP contribution is -2.49. The minimum Gasteiger partial charge on any atom is -0.357 e. The molecule has 1 unspecified atom stereocenters. The lowest BCUT2D eigenvalue weighted by molar-refractivity contribution is -0.122. The van der Waals surface area contributed by atoms with Crippen molar-refractivity contribution in [2.45, 2.75) is 39.3 Å². The minimum atomic E-state index is -0.246. The van der Waals surface area contributed by atoms with E-state index in [0.29, 0.717) is 12.5 Å². The van der Waals surface area contributed by atoms with Gasteiger partial charge in [0.05, 0.1) is 25.3 Å². The zero-order chi connectivity index (χ0) is 19.9. The highest BCUT2D eigenvalue weighted by molar-refractivity contribution is 5.86. The van der Waals surface area contributed by atoms with Gasteiger partial charge >= 0.3 is 0 Å². The maximum atomic E-state index is 12.2. The van der Waals surface area contributed by atoms with Crippen LogP contribution < -0.4 is 10.6 Å². The third kappa shape index (κ3) is 7.43. The van der Waals surface area contributed by atoms with Crippen molar-refractivity contribution in [3.05, 3.63) is 18.0 Å². The normalized spacial score (nSPS) is 13.7. The molecule has 1 aromatic heterocycles. The number of carbonyl (C=O) groups excluding carboxylic acids is 1. The number of aromatic nitrogens is 2. The summed E-state index contributed by atoms with van der Waals surface area (Å²) in [6.07, 6.45) is 3.88. The van der Waals surface area contributed by atoms with Crippen LogP contribution in [0.15, 0.2) is 17.4 Å². The molecule has 0 aliphatic rings. The largest absolute Gasteiger partial charge is 0.357 e. The second-order valence-corrected chi connectivity index (χ2v) is 7.78. The predicted octanol–water partition coefficient (Wildman–Crippen LogP) is 0.835. The third-order valence-electron chi connectivity index (χ3n) is 3.74. The first kappa shape index (κ1) is 22.0. The molecule has 8 nitrogen and oxygen atoms in total. The highest BCUT2D eigenvalue weighted by atomic mass is 16.2. The van der Waals surface area contributed by atoms with Crippen LogP contribution in [0.2, 0.25) is 0 Å². The Morgan fingerprint density at radius 2 is 2.00 bits per heavy atom. The van der Waals surface area contributed by atoms with E-state index in [1.54, 1.807) is 4.68 Å². The summed E-state index contributed by atoms with van der Waals surface area (Å²) in [5.74, 6) is 0.689. The Balaban J connectivity index is 2.84. The summed E-state index contributed by atoms with van der Waals surface area (Å²) < 4.78 is 1.80. The van der Waals surface area contributed by atoms with Crippen molar-refractivity contribution in [1.82, 2.24) is 30.2 Å². The van der Waals surface area contributed by atoms with Gasteiger partial charge in [0, 0.05) is 37.9 Å². The number of hydrogen-bond donors (Lipinski definition) is 2. The van der Waals surface area contributed by atoms with Crippen LogP contribution in [0.5, 0.6) is 0 Å². The molecule has 0 aromatic carbocycles. The molecule has 0 spiro atoms. The maximum absolute atomic E-state index is 12.2. The van der Waals surface area contributed by atoms with Crippen LogP contribution >= 0.6 is 0 Å². The van der Waals surface area contributed by atoms with Crippen molar-refractivity contribution in [3.8, 4) is 0 Å². The average molecular weight is 366 g/mol. The molecular formula is C18H35N7O. The zero-order valence-corrected chi connectivity index (χ0v) is 17.5. The lowest BCUT2D eigenvalue weighted by Gasteiger charge is -2.26. The molecule has 0 fully saturated rings. The van der Waals surface area contributed by atoms with E-state index in [4.69, 9.17) is 4.99 Å². The van der Waals surface area contributed by atoms with Crippen molar-refractivity contribution in [2.75, 3.05) is 40.8 Å². The van der Waals surface area contributed by atoms with Crippen LogP contribution in [-0.4, -0.2) is 77.8 Å². The molecule has 1 rings (SSSR count). The van der Waals surface area contributed by atoms with Gasteiger partial charge in [0.15, 0.2) is 5.96 Å². The Kier molecular flexibility index (Phi) is 8.08. The summed E-state index contributed by atoms with van der Waals surface area (Å²) in [5, 5.41) is 10.5. The van der Waals surface area contributed by atoms with Crippen molar-refractivity contribution >= 4 is 11.9 Å². The Bertz CT molecular complexity index is 601. The second kappa shape index (κ2) is 9.56. The van der Waals surface area contributed by atoms with Crippen LogP contribution in [-0.2, 0) is 11.8 Å². The first-order chi connectivity index (χ1) is 12.0. The molecule has 0 radical (unpaired) electrons. The number of carbonyl (C=O) groups is 1. The first-order valence-corrected chi connectivity index (χ1v) is 8.99. The molecular weight excluding hydrogens is 330 g/mol. The number of aryl methyl sites for hydroxylation is 1. The molecule has 2 N–H and O–H groups in total. The number of amides is 1. The van der Waals surface area contributed by atoms with E-state index in [1.165, 1.54) is 0 Å². The van der Waals surface area contributed by atoms with Crippen LogP contribution in [0.1, 0.15) is 39.3 Å². The highest BCUT2D eigenvalue weighted by Gasteiger charge is 2.19. The van der Waals surface area contributed by atoms with Gasteiger partial charge in [0.1, 0.15) is 0 Å². The molecule has 0 bridgehead atoms. The molecule has 0 aliphatic heterocycles. The fraction of sp³-hybridized carbons (Fsp3) is 0.722. The Morgan fingerprint density at radius 3 is 2.46 bits per heavy atom. The molecule has 0 aliphatic carbocycles. The molecule has 148 valence electrons. The Hall–Kier alpha value is -2.09. The molecule has 1 heterocycles. The van der Waals surface area contributed by atoms with Crippen LogP contribution in [0.3, 0.4) is 0 Å². The Morgan fingerprint density at radius 1 is 1.35 bits per heavy atom. The van der Waals surface area contributed by atoms with E-state index in [9.17, 15) is 4.79 Å². The van der Waals surface area contributed by atoms with E-state index >= 15 is 0 Å². The molecule has 0 saturated heterocycles. The van der Waals surface area contributed by atoms with Gasteiger partial charge in [-0.3, -0.25) is 14.5 Å².